The summed E-state index contributed by atoms with van der Waals surface area (Å²) in [6.45, 7) is 6.25. The molecule has 2 rings (SSSR count). The van der Waals surface area contributed by atoms with Crippen molar-refractivity contribution in [3.8, 4) is 11.5 Å². The number of Topliss-reactive ketones (excluding diaryl/α,β-unsaturated/α-hetero) is 1. The molecule has 1 aromatic carbocycles. The lowest BCUT2D eigenvalue weighted by Gasteiger charge is -2.19. The van der Waals surface area contributed by atoms with Crippen LogP contribution in [-0.4, -0.2) is 37.9 Å². The molecule has 0 atom stereocenters. The minimum absolute atomic E-state index is 0.162. The van der Waals surface area contributed by atoms with E-state index in [0.717, 1.165) is 24.2 Å². The lowest BCUT2D eigenvalue weighted by molar-refractivity contribution is -0.118. The fourth-order valence-corrected chi connectivity index (χ4v) is 3.81. The Bertz CT molecular complexity index is 701. The molecule has 0 bridgehead atoms. The average molecular weight is 368 g/mol. The fourth-order valence-electron chi connectivity index (χ4n) is 2.61. The summed E-state index contributed by atoms with van der Waals surface area (Å²) in [7, 11) is -3.07. The van der Waals surface area contributed by atoms with Gasteiger partial charge in [-0.05, 0) is 51.3 Å². The highest BCUT2D eigenvalue weighted by atomic mass is 32.2. The number of ketones is 1. The van der Waals surface area contributed by atoms with Crippen LogP contribution in [0.1, 0.15) is 52.0 Å². The predicted molar refractivity (Wildman–Crippen MR) is 98.2 cm³/mol. The van der Waals surface area contributed by atoms with Crippen molar-refractivity contribution >= 4 is 15.6 Å². The zero-order valence-electron chi connectivity index (χ0n) is 15.3. The van der Waals surface area contributed by atoms with Crippen LogP contribution in [0, 0.1) is 0 Å². The number of rotatable bonds is 8. The molecule has 0 unspecified atom stereocenters. The van der Waals surface area contributed by atoms with Crippen molar-refractivity contribution in [1.29, 1.82) is 0 Å². The van der Waals surface area contributed by atoms with Crippen molar-refractivity contribution in [2.45, 2.75) is 57.6 Å². The first-order chi connectivity index (χ1) is 11.7. The van der Waals surface area contributed by atoms with Crippen LogP contribution < -0.4 is 9.47 Å². The van der Waals surface area contributed by atoms with Crippen molar-refractivity contribution in [3.05, 3.63) is 23.8 Å². The first-order valence-electron chi connectivity index (χ1n) is 8.81. The third-order valence-electron chi connectivity index (χ3n) is 4.31. The molecular weight excluding hydrogens is 340 g/mol. The van der Waals surface area contributed by atoms with Gasteiger partial charge in [0.05, 0.1) is 10.5 Å². The molecule has 1 heterocycles. The lowest BCUT2D eigenvalue weighted by atomic mass is 10.0. The van der Waals surface area contributed by atoms with Gasteiger partial charge in [-0.2, -0.15) is 0 Å². The Labute approximate surface area is 150 Å². The molecule has 0 saturated carbocycles. The Balaban J connectivity index is 1.71. The van der Waals surface area contributed by atoms with Crippen LogP contribution in [0.15, 0.2) is 18.2 Å². The van der Waals surface area contributed by atoms with E-state index in [4.69, 9.17) is 9.47 Å². The van der Waals surface area contributed by atoms with Crippen LogP contribution in [0.25, 0.3) is 0 Å². The number of fused-ring (bicyclic) bond motifs is 1. The van der Waals surface area contributed by atoms with Crippen molar-refractivity contribution in [1.82, 2.24) is 0 Å². The number of hydrogen-bond donors (Lipinski definition) is 0. The Morgan fingerprint density at radius 1 is 1.04 bits per heavy atom. The Kier molecular flexibility index (Phi) is 6.49. The molecule has 0 fully saturated rings. The smallest absolute Gasteiger partial charge is 0.161 e. The van der Waals surface area contributed by atoms with Crippen LogP contribution in [0.4, 0.5) is 0 Å². The number of benzene rings is 1. The second-order valence-corrected chi connectivity index (χ2v) is 10.3. The minimum atomic E-state index is -3.07. The van der Waals surface area contributed by atoms with E-state index >= 15 is 0 Å². The maximum atomic E-state index is 12.1. The van der Waals surface area contributed by atoms with E-state index in [1.54, 1.807) is 20.8 Å². The first-order valence-corrected chi connectivity index (χ1v) is 10.5. The summed E-state index contributed by atoms with van der Waals surface area (Å²) in [5, 5.41) is 0. The van der Waals surface area contributed by atoms with Crippen LogP contribution >= 0.6 is 0 Å². The van der Waals surface area contributed by atoms with Gasteiger partial charge >= 0.3 is 0 Å². The van der Waals surface area contributed by atoms with Gasteiger partial charge in [0.2, 0.25) is 0 Å². The molecule has 25 heavy (non-hydrogen) atoms. The summed E-state index contributed by atoms with van der Waals surface area (Å²) in [6, 6.07) is 5.60. The van der Waals surface area contributed by atoms with E-state index in [2.05, 4.69) is 0 Å². The van der Waals surface area contributed by atoms with Crippen LogP contribution in [0.5, 0.6) is 11.5 Å². The molecule has 140 valence electrons. The van der Waals surface area contributed by atoms with Gasteiger partial charge in [0.1, 0.15) is 19.0 Å². The standard InChI is InChI=1S/C19H28O5S/c1-19(2,3)25(21,22)12-6-4-5-7-16(20)13-15-8-9-17-18(14-15)24-11-10-23-17/h8-9,14H,4-7,10-13H2,1-3H3. The number of sulfone groups is 1. The summed E-state index contributed by atoms with van der Waals surface area (Å²) in [5.74, 6) is 1.77. The summed E-state index contributed by atoms with van der Waals surface area (Å²) in [6.07, 6.45) is 2.93. The molecule has 0 aromatic heterocycles. The maximum Gasteiger partial charge on any atom is 0.161 e. The third-order valence-corrected chi connectivity index (χ3v) is 7.00. The summed E-state index contributed by atoms with van der Waals surface area (Å²) in [5.41, 5.74) is 0.921. The summed E-state index contributed by atoms with van der Waals surface area (Å²) in [4.78, 5) is 12.1. The van der Waals surface area contributed by atoms with E-state index in [9.17, 15) is 13.2 Å². The molecular formula is C19H28O5S. The van der Waals surface area contributed by atoms with Crippen LogP contribution in [0.3, 0.4) is 0 Å². The molecule has 0 spiro atoms. The largest absolute Gasteiger partial charge is 0.486 e. The molecule has 0 amide bonds. The van der Waals surface area contributed by atoms with Gasteiger partial charge in [0.15, 0.2) is 21.3 Å². The van der Waals surface area contributed by atoms with Gasteiger partial charge in [0, 0.05) is 12.8 Å². The second-order valence-electron chi connectivity index (χ2n) is 7.44. The highest BCUT2D eigenvalue weighted by Gasteiger charge is 2.27. The van der Waals surface area contributed by atoms with E-state index in [0.29, 0.717) is 38.2 Å². The highest BCUT2D eigenvalue weighted by Crippen LogP contribution is 2.31. The van der Waals surface area contributed by atoms with Gasteiger partial charge in [-0.25, -0.2) is 8.42 Å². The molecule has 0 N–H and O–H groups in total. The normalized spacial score (nSPS) is 14.4. The molecule has 1 aliphatic heterocycles. The van der Waals surface area contributed by atoms with Gasteiger partial charge in [-0.1, -0.05) is 12.5 Å². The van der Waals surface area contributed by atoms with E-state index < -0.39 is 14.6 Å². The molecule has 5 nitrogen and oxygen atoms in total. The van der Waals surface area contributed by atoms with Gasteiger partial charge in [-0.3, -0.25) is 4.79 Å². The fraction of sp³-hybridized carbons (Fsp3) is 0.632. The Hall–Kier alpha value is -1.56. The average Bonchev–Trinajstić information content (AvgIpc) is 2.53. The molecule has 0 saturated heterocycles. The van der Waals surface area contributed by atoms with E-state index in [1.807, 2.05) is 18.2 Å². The summed E-state index contributed by atoms with van der Waals surface area (Å²) < 4.78 is 34.3. The maximum absolute atomic E-state index is 12.1. The quantitative estimate of drug-likeness (QED) is 0.658. The molecule has 1 aliphatic rings. The second kappa shape index (κ2) is 8.21. The lowest BCUT2D eigenvalue weighted by Crippen LogP contribution is -2.30. The number of hydrogen-bond acceptors (Lipinski definition) is 5. The summed E-state index contributed by atoms with van der Waals surface area (Å²) >= 11 is 0. The first kappa shape index (κ1) is 19.8. The monoisotopic (exact) mass is 368 g/mol. The predicted octanol–water partition coefficient (Wildman–Crippen LogP) is 3.34. The zero-order chi connectivity index (χ0) is 18.5. The van der Waals surface area contributed by atoms with Gasteiger partial charge in [0.25, 0.3) is 0 Å². The molecule has 0 radical (unpaired) electrons. The van der Waals surface area contributed by atoms with Crippen molar-refractivity contribution < 1.29 is 22.7 Å². The minimum Gasteiger partial charge on any atom is -0.486 e. The van der Waals surface area contributed by atoms with E-state index in [-0.39, 0.29) is 11.5 Å². The SMILES string of the molecule is CC(C)(C)S(=O)(=O)CCCCCC(=O)Cc1ccc2c(c1)OCCO2. The van der Waals surface area contributed by atoms with E-state index in [1.165, 1.54) is 0 Å². The number of ether oxygens (including phenoxy) is 2. The number of carbonyl (C=O) groups is 1. The molecule has 6 heteroatoms. The van der Waals surface area contributed by atoms with Crippen molar-refractivity contribution in [2.24, 2.45) is 0 Å². The van der Waals surface area contributed by atoms with Crippen molar-refractivity contribution in [3.63, 3.8) is 0 Å². The molecule has 0 aliphatic carbocycles. The van der Waals surface area contributed by atoms with Crippen molar-refractivity contribution in [2.75, 3.05) is 19.0 Å². The Morgan fingerprint density at radius 2 is 1.72 bits per heavy atom. The van der Waals surface area contributed by atoms with Gasteiger partial charge < -0.3 is 9.47 Å². The zero-order valence-corrected chi connectivity index (χ0v) is 16.2. The number of unbranched alkanes of at least 4 members (excludes halogenated alkanes) is 2. The third kappa shape index (κ3) is 5.73. The highest BCUT2D eigenvalue weighted by molar-refractivity contribution is 7.92. The molecule has 1 aromatic rings. The Morgan fingerprint density at radius 3 is 2.40 bits per heavy atom. The van der Waals surface area contributed by atoms with Crippen LogP contribution in [0.2, 0.25) is 0 Å². The number of carbonyl (C=O) groups excluding carboxylic acids is 1. The topological polar surface area (TPSA) is 69.7 Å². The van der Waals surface area contributed by atoms with Crippen LogP contribution in [-0.2, 0) is 21.1 Å². The van der Waals surface area contributed by atoms with Gasteiger partial charge in [-0.15, -0.1) is 0 Å².